The summed E-state index contributed by atoms with van der Waals surface area (Å²) in [6.45, 7) is 6.98. The second kappa shape index (κ2) is 6.87. The van der Waals surface area contributed by atoms with Gasteiger partial charge in [0.25, 0.3) is 0 Å². The largest absolute Gasteiger partial charge is 0.379 e. The van der Waals surface area contributed by atoms with Crippen molar-refractivity contribution in [1.29, 1.82) is 0 Å². The second-order valence-corrected chi connectivity index (χ2v) is 4.03. The van der Waals surface area contributed by atoms with Crippen LogP contribution in [-0.4, -0.2) is 55.1 Å². The molecule has 4 nitrogen and oxygen atoms in total. The Hall–Kier alpha value is -0.520. The molecular formula is C10H18N2O2S. The molecule has 86 valence electrons. The smallest absolute Gasteiger partial charge is 0.186 e. The molecule has 1 saturated heterocycles. The van der Waals surface area contributed by atoms with Gasteiger partial charge in [0.2, 0.25) is 0 Å². The zero-order valence-corrected chi connectivity index (χ0v) is 9.94. The second-order valence-electron chi connectivity index (χ2n) is 3.62. The molecule has 0 atom stereocenters. The fourth-order valence-electron chi connectivity index (χ4n) is 1.45. The molecule has 1 N–H and O–H groups in total. The summed E-state index contributed by atoms with van der Waals surface area (Å²) in [5.41, 5.74) is 0. The minimum atomic E-state index is -0.0589. The molecule has 0 bridgehead atoms. The molecule has 0 aromatic heterocycles. The summed E-state index contributed by atoms with van der Waals surface area (Å²) < 4.78 is 5.25. The standard InChI is InChI=1S/C10H18N2O2S/c1-9(13)10(15)11-3-2-4-12-5-7-14-8-6-12/h2-8H2,1H3,(H,11,15). The Morgan fingerprint density at radius 1 is 1.47 bits per heavy atom. The number of hydrogen-bond acceptors (Lipinski definition) is 4. The van der Waals surface area contributed by atoms with E-state index in [0.29, 0.717) is 4.99 Å². The number of ketones is 1. The van der Waals surface area contributed by atoms with Crippen LogP contribution in [0.1, 0.15) is 13.3 Å². The Balaban J connectivity index is 2.01. The molecule has 1 heterocycles. The summed E-state index contributed by atoms with van der Waals surface area (Å²) in [7, 11) is 0. The Kier molecular flexibility index (Phi) is 5.75. The maximum Gasteiger partial charge on any atom is 0.186 e. The van der Waals surface area contributed by atoms with Crippen molar-refractivity contribution in [2.75, 3.05) is 39.4 Å². The summed E-state index contributed by atoms with van der Waals surface area (Å²) in [5, 5.41) is 2.95. The number of Topliss-reactive ketones (excluding diaryl/α,β-unsaturated/α-hetero) is 1. The lowest BCUT2D eigenvalue weighted by atomic mass is 10.3. The molecule has 15 heavy (non-hydrogen) atoms. The van der Waals surface area contributed by atoms with Crippen LogP contribution in [0.4, 0.5) is 0 Å². The van der Waals surface area contributed by atoms with E-state index >= 15 is 0 Å². The van der Waals surface area contributed by atoms with Gasteiger partial charge in [0.05, 0.1) is 13.2 Å². The van der Waals surface area contributed by atoms with Crippen molar-refractivity contribution in [2.45, 2.75) is 13.3 Å². The van der Waals surface area contributed by atoms with Crippen LogP contribution >= 0.6 is 12.2 Å². The fourth-order valence-corrected chi connectivity index (χ4v) is 1.56. The van der Waals surface area contributed by atoms with Gasteiger partial charge in [-0.05, 0) is 13.0 Å². The molecule has 1 aliphatic rings. The van der Waals surface area contributed by atoms with E-state index in [4.69, 9.17) is 17.0 Å². The summed E-state index contributed by atoms with van der Waals surface area (Å²) >= 11 is 4.85. The van der Waals surface area contributed by atoms with Crippen LogP contribution in [-0.2, 0) is 9.53 Å². The van der Waals surface area contributed by atoms with Crippen molar-refractivity contribution in [2.24, 2.45) is 0 Å². The third-order valence-electron chi connectivity index (χ3n) is 2.36. The zero-order chi connectivity index (χ0) is 11.1. The number of hydrogen-bond donors (Lipinski definition) is 1. The number of ether oxygens (including phenoxy) is 1. The number of carbonyl (C=O) groups excluding carboxylic acids is 1. The van der Waals surface area contributed by atoms with Gasteiger partial charge in [-0.2, -0.15) is 0 Å². The highest BCUT2D eigenvalue weighted by Crippen LogP contribution is 1.97. The van der Waals surface area contributed by atoms with Crippen molar-refractivity contribution >= 4 is 23.0 Å². The molecule has 0 unspecified atom stereocenters. The van der Waals surface area contributed by atoms with E-state index in [1.165, 1.54) is 6.92 Å². The zero-order valence-electron chi connectivity index (χ0n) is 9.12. The third-order valence-corrected chi connectivity index (χ3v) is 2.79. The van der Waals surface area contributed by atoms with Crippen LogP contribution in [0.5, 0.6) is 0 Å². The lowest BCUT2D eigenvalue weighted by Gasteiger charge is -2.26. The molecule has 0 amide bonds. The van der Waals surface area contributed by atoms with Crippen molar-refractivity contribution < 1.29 is 9.53 Å². The predicted octanol–water partition coefficient (Wildman–Crippen LogP) is 0.215. The van der Waals surface area contributed by atoms with Gasteiger partial charge in [-0.15, -0.1) is 0 Å². The molecule has 0 aromatic carbocycles. The molecule has 0 radical (unpaired) electrons. The maximum absolute atomic E-state index is 10.8. The molecule has 0 aliphatic carbocycles. The molecule has 0 spiro atoms. The van der Waals surface area contributed by atoms with Crippen LogP contribution in [0.3, 0.4) is 0 Å². The average molecular weight is 230 g/mol. The number of morpholine rings is 1. The summed E-state index contributed by atoms with van der Waals surface area (Å²) in [5.74, 6) is -0.0589. The Morgan fingerprint density at radius 3 is 2.73 bits per heavy atom. The van der Waals surface area contributed by atoms with E-state index in [1.807, 2.05) is 0 Å². The maximum atomic E-state index is 10.8. The highest BCUT2D eigenvalue weighted by molar-refractivity contribution is 7.82. The fraction of sp³-hybridized carbons (Fsp3) is 0.800. The SMILES string of the molecule is CC(=O)C(=S)NCCCN1CCOCC1. The lowest BCUT2D eigenvalue weighted by Crippen LogP contribution is -2.38. The first-order chi connectivity index (χ1) is 7.20. The molecule has 0 saturated carbocycles. The van der Waals surface area contributed by atoms with E-state index in [0.717, 1.165) is 45.8 Å². The van der Waals surface area contributed by atoms with E-state index in [-0.39, 0.29) is 5.78 Å². The van der Waals surface area contributed by atoms with Crippen LogP contribution in [0.25, 0.3) is 0 Å². The van der Waals surface area contributed by atoms with Crippen molar-refractivity contribution in [3.63, 3.8) is 0 Å². The average Bonchev–Trinajstić information content (AvgIpc) is 2.25. The van der Waals surface area contributed by atoms with Crippen molar-refractivity contribution in [3.05, 3.63) is 0 Å². The minimum Gasteiger partial charge on any atom is -0.379 e. The highest BCUT2D eigenvalue weighted by Gasteiger charge is 2.09. The van der Waals surface area contributed by atoms with Crippen LogP contribution in [0.2, 0.25) is 0 Å². The van der Waals surface area contributed by atoms with Gasteiger partial charge in [-0.3, -0.25) is 9.69 Å². The van der Waals surface area contributed by atoms with E-state index in [1.54, 1.807) is 0 Å². The molecule has 0 aromatic rings. The Labute approximate surface area is 96.0 Å². The van der Waals surface area contributed by atoms with Gasteiger partial charge < -0.3 is 10.1 Å². The van der Waals surface area contributed by atoms with Crippen LogP contribution in [0.15, 0.2) is 0 Å². The van der Waals surface area contributed by atoms with Crippen molar-refractivity contribution in [1.82, 2.24) is 10.2 Å². The Bertz CT molecular complexity index is 227. The molecule has 1 aliphatic heterocycles. The molecular weight excluding hydrogens is 212 g/mol. The van der Waals surface area contributed by atoms with Gasteiger partial charge in [0, 0.05) is 26.6 Å². The number of rotatable bonds is 5. The van der Waals surface area contributed by atoms with Gasteiger partial charge in [0.15, 0.2) is 5.78 Å². The minimum absolute atomic E-state index is 0.0589. The monoisotopic (exact) mass is 230 g/mol. The van der Waals surface area contributed by atoms with Gasteiger partial charge in [0.1, 0.15) is 4.99 Å². The van der Waals surface area contributed by atoms with E-state index in [2.05, 4.69) is 10.2 Å². The molecule has 1 rings (SSSR count). The van der Waals surface area contributed by atoms with Gasteiger partial charge >= 0.3 is 0 Å². The van der Waals surface area contributed by atoms with Gasteiger partial charge in [-0.1, -0.05) is 12.2 Å². The van der Waals surface area contributed by atoms with E-state index < -0.39 is 0 Å². The van der Waals surface area contributed by atoms with Crippen LogP contribution < -0.4 is 5.32 Å². The first kappa shape index (κ1) is 12.5. The topological polar surface area (TPSA) is 41.6 Å². The normalized spacial score (nSPS) is 17.4. The van der Waals surface area contributed by atoms with Gasteiger partial charge in [-0.25, -0.2) is 0 Å². The predicted molar refractivity (Wildman–Crippen MR) is 63.2 cm³/mol. The first-order valence-electron chi connectivity index (χ1n) is 5.29. The lowest BCUT2D eigenvalue weighted by molar-refractivity contribution is -0.111. The number of thiocarbonyl (C=S) groups is 1. The first-order valence-corrected chi connectivity index (χ1v) is 5.70. The Morgan fingerprint density at radius 2 is 2.13 bits per heavy atom. The quantitative estimate of drug-likeness (QED) is 0.540. The highest BCUT2D eigenvalue weighted by atomic mass is 32.1. The summed E-state index contributed by atoms with van der Waals surface area (Å²) in [6.07, 6.45) is 1.01. The number of nitrogens with one attached hydrogen (secondary N) is 1. The summed E-state index contributed by atoms with van der Waals surface area (Å²) in [4.78, 5) is 13.5. The molecule has 5 heteroatoms. The summed E-state index contributed by atoms with van der Waals surface area (Å²) in [6, 6.07) is 0. The number of nitrogens with zero attached hydrogens (tertiary/aromatic N) is 1. The third kappa shape index (κ3) is 5.20. The van der Waals surface area contributed by atoms with Crippen LogP contribution in [0, 0.1) is 0 Å². The van der Waals surface area contributed by atoms with Crippen molar-refractivity contribution in [3.8, 4) is 0 Å². The van der Waals surface area contributed by atoms with E-state index in [9.17, 15) is 4.79 Å². The molecule has 1 fully saturated rings. The number of carbonyl (C=O) groups is 1.